The van der Waals surface area contributed by atoms with Crippen LogP contribution in [0.15, 0.2) is 47.4 Å². The highest BCUT2D eigenvalue weighted by atomic mass is 32.2. The topological polar surface area (TPSA) is 83.9 Å². The van der Waals surface area contributed by atoms with Crippen molar-refractivity contribution in [1.29, 1.82) is 0 Å². The molecule has 0 aliphatic rings. The minimum atomic E-state index is -4.03. The highest BCUT2D eigenvalue weighted by Gasteiger charge is 2.29. The molecule has 0 spiro atoms. The first-order chi connectivity index (χ1) is 11.8. The van der Waals surface area contributed by atoms with Crippen molar-refractivity contribution in [3.8, 4) is 5.75 Å². The lowest BCUT2D eigenvalue weighted by Gasteiger charge is -2.26. The highest BCUT2D eigenvalue weighted by molar-refractivity contribution is 7.92. The predicted octanol–water partition coefficient (Wildman–Crippen LogP) is 2.98. The van der Waals surface area contributed by atoms with Gasteiger partial charge in [-0.15, -0.1) is 0 Å². The molecule has 2 rings (SSSR count). The third-order valence-electron chi connectivity index (χ3n) is 3.69. The predicted molar refractivity (Wildman–Crippen MR) is 95.7 cm³/mol. The molecule has 0 saturated heterocycles. The van der Waals surface area contributed by atoms with Crippen LogP contribution < -0.4 is 9.04 Å². The molecule has 0 radical (unpaired) electrons. The van der Waals surface area contributed by atoms with E-state index in [4.69, 9.17) is 4.74 Å². The first kappa shape index (κ1) is 18.8. The van der Waals surface area contributed by atoms with Gasteiger partial charge in [0, 0.05) is 0 Å². The summed E-state index contributed by atoms with van der Waals surface area (Å²) in [5.74, 6) is -0.671. The molecule has 0 atom stereocenters. The molecule has 0 aliphatic carbocycles. The number of rotatable bonds is 7. The molecule has 6 nitrogen and oxygen atoms in total. The number of sulfonamides is 1. The average molecular weight is 363 g/mol. The van der Waals surface area contributed by atoms with Crippen molar-refractivity contribution in [2.45, 2.75) is 25.7 Å². The summed E-state index contributed by atoms with van der Waals surface area (Å²) >= 11 is 0. The van der Waals surface area contributed by atoms with Gasteiger partial charge < -0.3 is 9.84 Å². The maximum atomic E-state index is 13.1. The first-order valence-electron chi connectivity index (χ1n) is 7.81. The van der Waals surface area contributed by atoms with Gasteiger partial charge in [-0.05, 0) is 56.2 Å². The average Bonchev–Trinajstić information content (AvgIpc) is 2.54. The second-order valence-corrected chi connectivity index (χ2v) is 7.41. The molecular weight excluding hydrogens is 342 g/mol. The Hall–Kier alpha value is -2.54. The Labute approximate surface area is 147 Å². The van der Waals surface area contributed by atoms with E-state index in [9.17, 15) is 18.3 Å². The number of carboxylic acids is 1. The summed E-state index contributed by atoms with van der Waals surface area (Å²) in [6.07, 6.45) is 0. The maximum Gasteiger partial charge on any atom is 0.324 e. The van der Waals surface area contributed by atoms with Gasteiger partial charge in [-0.25, -0.2) is 8.42 Å². The Balaban J connectivity index is 2.54. The van der Waals surface area contributed by atoms with Gasteiger partial charge in [0.2, 0.25) is 0 Å². The van der Waals surface area contributed by atoms with E-state index in [1.54, 1.807) is 44.2 Å². The van der Waals surface area contributed by atoms with Gasteiger partial charge in [-0.1, -0.05) is 18.2 Å². The molecule has 0 amide bonds. The van der Waals surface area contributed by atoms with Crippen LogP contribution in [-0.4, -0.2) is 32.6 Å². The normalized spacial score (nSPS) is 11.2. The third-order valence-corrected chi connectivity index (χ3v) is 5.45. The molecule has 0 bridgehead atoms. The smallest absolute Gasteiger partial charge is 0.324 e. The summed E-state index contributed by atoms with van der Waals surface area (Å²) in [5, 5.41) is 9.23. The highest BCUT2D eigenvalue weighted by Crippen LogP contribution is 2.30. The maximum absolute atomic E-state index is 13.1. The van der Waals surface area contributed by atoms with Crippen molar-refractivity contribution >= 4 is 21.7 Å². The molecule has 0 aromatic heterocycles. The van der Waals surface area contributed by atoms with E-state index in [1.165, 1.54) is 12.1 Å². The van der Waals surface area contributed by atoms with Crippen molar-refractivity contribution in [1.82, 2.24) is 0 Å². The van der Waals surface area contributed by atoms with Crippen molar-refractivity contribution in [3.63, 3.8) is 0 Å². The van der Waals surface area contributed by atoms with Crippen LogP contribution in [0.25, 0.3) is 0 Å². The van der Waals surface area contributed by atoms with Gasteiger partial charge in [0.05, 0.1) is 17.2 Å². The van der Waals surface area contributed by atoms with E-state index in [0.29, 0.717) is 29.2 Å². The Morgan fingerprint density at radius 2 is 1.64 bits per heavy atom. The van der Waals surface area contributed by atoms with Gasteiger partial charge in [-0.3, -0.25) is 9.10 Å². The Kier molecular flexibility index (Phi) is 5.69. The Morgan fingerprint density at radius 3 is 2.12 bits per heavy atom. The lowest BCUT2D eigenvalue weighted by atomic mass is 10.1. The zero-order valence-corrected chi connectivity index (χ0v) is 15.2. The van der Waals surface area contributed by atoms with Crippen molar-refractivity contribution in [2.75, 3.05) is 17.5 Å². The number of anilines is 1. The molecule has 0 heterocycles. The molecule has 25 heavy (non-hydrogen) atoms. The third kappa shape index (κ3) is 4.11. The van der Waals surface area contributed by atoms with Gasteiger partial charge in [0.15, 0.2) is 0 Å². The first-order valence-corrected chi connectivity index (χ1v) is 9.25. The fourth-order valence-electron chi connectivity index (χ4n) is 2.61. The number of aliphatic carboxylic acids is 1. The number of aryl methyl sites for hydroxylation is 2. The van der Waals surface area contributed by atoms with E-state index in [2.05, 4.69) is 0 Å². The van der Waals surface area contributed by atoms with Crippen LogP contribution in [0.2, 0.25) is 0 Å². The van der Waals surface area contributed by atoms with Gasteiger partial charge in [0.25, 0.3) is 10.0 Å². The van der Waals surface area contributed by atoms with Crippen molar-refractivity contribution in [3.05, 3.63) is 53.6 Å². The minimum Gasteiger partial charge on any atom is -0.494 e. The Morgan fingerprint density at radius 1 is 1.08 bits per heavy atom. The second kappa shape index (κ2) is 7.57. The largest absolute Gasteiger partial charge is 0.494 e. The summed E-state index contributed by atoms with van der Waals surface area (Å²) in [7, 11) is -4.03. The Bertz CT molecular complexity index is 839. The quantitative estimate of drug-likeness (QED) is 0.817. The number of benzene rings is 2. The van der Waals surface area contributed by atoms with Crippen LogP contribution in [0.1, 0.15) is 18.1 Å². The number of carboxylic acid groups (broad SMARTS) is 1. The summed E-state index contributed by atoms with van der Waals surface area (Å²) in [6, 6.07) is 11.3. The van der Waals surface area contributed by atoms with Crippen molar-refractivity contribution in [2.24, 2.45) is 0 Å². The number of carbonyl (C=O) groups is 1. The fraction of sp³-hybridized carbons (Fsp3) is 0.278. The minimum absolute atomic E-state index is 0.0138. The van der Waals surface area contributed by atoms with E-state index in [-0.39, 0.29) is 4.90 Å². The number of nitrogens with zero attached hydrogens (tertiary/aromatic N) is 1. The lowest BCUT2D eigenvalue weighted by molar-refractivity contribution is -0.135. The second-order valence-electron chi connectivity index (χ2n) is 5.55. The van der Waals surface area contributed by atoms with Gasteiger partial charge >= 0.3 is 5.97 Å². The zero-order valence-electron chi connectivity index (χ0n) is 14.4. The molecule has 2 aromatic rings. The van der Waals surface area contributed by atoms with Crippen LogP contribution in [0.5, 0.6) is 5.75 Å². The lowest BCUT2D eigenvalue weighted by Crippen LogP contribution is -2.36. The van der Waals surface area contributed by atoms with E-state index >= 15 is 0 Å². The number of hydrogen-bond acceptors (Lipinski definition) is 4. The van der Waals surface area contributed by atoms with E-state index in [0.717, 1.165) is 4.31 Å². The monoisotopic (exact) mass is 363 g/mol. The SMILES string of the molecule is CCOc1ccc(S(=O)(=O)N(CC(=O)O)c2c(C)cccc2C)cc1. The molecule has 1 N–H and O–H groups in total. The van der Waals surface area contributed by atoms with Crippen LogP contribution in [0.3, 0.4) is 0 Å². The van der Waals surface area contributed by atoms with Crippen molar-refractivity contribution < 1.29 is 23.1 Å². The standard InChI is InChI=1S/C18H21NO5S/c1-4-24-15-8-10-16(11-9-15)25(22,23)19(12-17(20)21)18-13(2)6-5-7-14(18)3/h5-11H,4,12H2,1-3H3,(H,20,21). The summed E-state index contributed by atoms with van der Waals surface area (Å²) in [5.41, 5.74) is 1.77. The van der Waals surface area contributed by atoms with Crippen LogP contribution in [-0.2, 0) is 14.8 Å². The summed E-state index contributed by atoms with van der Waals surface area (Å²) < 4.78 is 32.4. The molecular formula is C18H21NO5S. The van der Waals surface area contributed by atoms with Gasteiger partial charge in [0.1, 0.15) is 12.3 Å². The zero-order chi connectivity index (χ0) is 18.6. The van der Waals surface area contributed by atoms with Crippen LogP contribution >= 0.6 is 0 Å². The van der Waals surface area contributed by atoms with Crippen LogP contribution in [0, 0.1) is 13.8 Å². The summed E-state index contributed by atoms with van der Waals surface area (Å²) in [6.45, 7) is 5.16. The van der Waals surface area contributed by atoms with E-state index in [1.807, 2.05) is 6.92 Å². The number of hydrogen-bond donors (Lipinski definition) is 1. The van der Waals surface area contributed by atoms with Gasteiger partial charge in [-0.2, -0.15) is 0 Å². The summed E-state index contributed by atoms with van der Waals surface area (Å²) in [4.78, 5) is 11.3. The molecule has 2 aromatic carbocycles. The molecule has 7 heteroatoms. The molecule has 0 fully saturated rings. The molecule has 134 valence electrons. The molecule has 0 unspecified atom stereocenters. The molecule has 0 aliphatic heterocycles. The molecule has 0 saturated carbocycles. The van der Waals surface area contributed by atoms with Crippen LogP contribution in [0.4, 0.5) is 5.69 Å². The fourth-order valence-corrected chi connectivity index (χ4v) is 4.15. The van der Waals surface area contributed by atoms with E-state index < -0.39 is 22.5 Å². The number of para-hydroxylation sites is 1. The number of ether oxygens (including phenoxy) is 1.